The molecule has 2 heterocycles. The van der Waals surface area contributed by atoms with Gasteiger partial charge < -0.3 is 10.1 Å². The Morgan fingerprint density at radius 2 is 2.69 bits per heavy atom. The van der Waals surface area contributed by atoms with E-state index >= 15 is 0 Å². The lowest BCUT2D eigenvalue weighted by molar-refractivity contribution is 0.113. The second-order valence-corrected chi connectivity index (χ2v) is 3.46. The molecule has 1 aliphatic rings. The quantitative estimate of drug-likeness (QED) is 0.720. The standard InChI is InChI=1S/C9H15N3O/c1-7-9(2-3-13-7)10-4-8-5-11-12-6-8/h5-7,9-10H,2-4H2,1H3,(H,11,12). The van der Waals surface area contributed by atoms with Crippen LogP contribution in [0, 0.1) is 0 Å². The van der Waals surface area contributed by atoms with Gasteiger partial charge in [-0.1, -0.05) is 0 Å². The van der Waals surface area contributed by atoms with E-state index in [0.717, 1.165) is 19.6 Å². The second-order valence-electron chi connectivity index (χ2n) is 3.46. The van der Waals surface area contributed by atoms with E-state index < -0.39 is 0 Å². The van der Waals surface area contributed by atoms with E-state index in [0.29, 0.717) is 12.1 Å². The molecular formula is C9H15N3O. The Morgan fingerprint density at radius 3 is 3.31 bits per heavy atom. The van der Waals surface area contributed by atoms with Crippen LogP contribution in [0.15, 0.2) is 12.4 Å². The van der Waals surface area contributed by atoms with Gasteiger partial charge in [0.1, 0.15) is 0 Å². The summed E-state index contributed by atoms with van der Waals surface area (Å²) in [5.41, 5.74) is 1.19. The fraction of sp³-hybridized carbons (Fsp3) is 0.667. The smallest absolute Gasteiger partial charge is 0.0700 e. The van der Waals surface area contributed by atoms with Crippen molar-refractivity contribution in [2.75, 3.05) is 6.61 Å². The van der Waals surface area contributed by atoms with Crippen molar-refractivity contribution in [2.24, 2.45) is 0 Å². The largest absolute Gasteiger partial charge is 0.377 e. The monoisotopic (exact) mass is 181 g/mol. The summed E-state index contributed by atoms with van der Waals surface area (Å²) in [6.07, 6.45) is 5.20. The molecule has 0 aliphatic carbocycles. The van der Waals surface area contributed by atoms with Crippen LogP contribution in [0.1, 0.15) is 18.9 Å². The van der Waals surface area contributed by atoms with Crippen molar-refractivity contribution >= 4 is 0 Å². The zero-order chi connectivity index (χ0) is 9.10. The van der Waals surface area contributed by atoms with E-state index in [9.17, 15) is 0 Å². The number of rotatable bonds is 3. The van der Waals surface area contributed by atoms with Gasteiger partial charge in [-0.2, -0.15) is 5.10 Å². The minimum atomic E-state index is 0.340. The molecular weight excluding hydrogens is 166 g/mol. The molecule has 1 aromatic heterocycles. The lowest BCUT2D eigenvalue weighted by atomic mass is 10.1. The summed E-state index contributed by atoms with van der Waals surface area (Å²) in [6, 6.07) is 0.495. The van der Waals surface area contributed by atoms with Crippen molar-refractivity contribution in [3.8, 4) is 0 Å². The molecule has 4 heteroatoms. The first-order valence-corrected chi connectivity index (χ1v) is 4.69. The minimum Gasteiger partial charge on any atom is -0.377 e. The van der Waals surface area contributed by atoms with Gasteiger partial charge in [0.15, 0.2) is 0 Å². The molecule has 13 heavy (non-hydrogen) atoms. The summed E-state index contributed by atoms with van der Waals surface area (Å²) in [4.78, 5) is 0. The molecule has 0 spiro atoms. The second kappa shape index (κ2) is 3.89. The Kier molecular flexibility index (Phi) is 2.61. The first-order valence-electron chi connectivity index (χ1n) is 4.69. The van der Waals surface area contributed by atoms with Crippen LogP contribution in [0.2, 0.25) is 0 Å². The first kappa shape index (κ1) is 8.72. The molecule has 0 aromatic carbocycles. The third kappa shape index (κ3) is 2.08. The Hall–Kier alpha value is -0.870. The SMILES string of the molecule is CC1OCCC1NCc1cn[nH]c1. The Bertz CT molecular complexity index is 247. The van der Waals surface area contributed by atoms with Crippen molar-refractivity contribution in [3.63, 3.8) is 0 Å². The summed E-state index contributed by atoms with van der Waals surface area (Å²) in [7, 11) is 0. The minimum absolute atomic E-state index is 0.340. The van der Waals surface area contributed by atoms with Crippen LogP contribution in [-0.4, -0.2) is 29.0 Å². The number of aromatic nitrogens is 2. The Balaban J connectivity index is 1.79. The first-order chi connectivity index (χ1) is 6.36. The summed E-state index contributed by atoms with van der Waals surface area (Å²) in [5, 5.41) is 10.1. The fourth-order valence-corrected chi connectivity index (χ4v) is 1.62. The molecule has 0 bridgehead atoms. The molecule has 0 radical (unpaired) electrons. The van der Waals surface area contributed by atoms with Crippen LogP contribution < -0.4 is 5.32 Å². The molecule has 72 valence electrons. The van der Waals surface area contributed by atoms with Gasteiger partial charge in [-0.15, -0.1) is 0 Å². The van der Waals surface area contributed by atoms with Crippen LogP contribution in [0.5, 0.6) is 0 Å². The van der Waals surface area contributed by atoms with Crippen molar-refractivity contribution < 1.29 is 4.74 Å². The van der Waals surface area contributed by atoms with Crippen LogP contribution in [0.25, 0.3) is 0 Å². The van der Waals surface area contributed by atoms with Crippen LogP contribution >= 0.6 is 0 Å². The molecule has 1 fully saturated rings. The third-order valence-corrected chi connectivity index (χ3v) is 2.50. The summed E-state index contributed by atoms with van der Waals surface area (Å²) >= 11 is 0. The maximum absolute atomic E-state index is 5.45. The third-order valence-electron chi connectivity index (χ3n) is 2.50. The van der Waals surface area contributed by atoms with Crippen molar-refractivity contribution in [2.45, 2.75) is 32.0 Å². The van der Waals surface area contributed by atoms with Crippen molar-refractivity contribution in [3.05, 3.63) is 18.0 Å². The lowest BCUT2D eigenvalue weighted by Crippen LogP contribution is -2.33. The maximum atomic E-state index is 5.45. The highest BCUT2D eigenvalue weighted by Crippen LogP contribution is 2.12. The molecule has 0 amide bonds. The predicted molar refractivity (Wildman–Crippen MR) is 49.2 cm³/mol. The Labute approximate surface area is 77.7 Å². The summed E-state index contributed by atoms with van der Waals surface area (Å²) < 4.78 is 5.45. The normalized spacial score (nSPS) is 28.1. The molecule has 4 nitrogen and oxygen atoms in total. The topological polar surface area (TPSA) is 49.9 Å². The van der Waals surface area contributed by atoms with Crippen molar-refractivity contribution in [1.29, 1.82) is 0 Å². The highest BCUT2D eigenvalue weighted by Gasteiger charge is 2.23. The summed E-state index contributed by atoms with van der Waals surface area (Å²) in [5.74, 6) is 0. The number of aromatic amines is 1. The van der Waals surface area contributed by atoms with Gasteiger partial charge >= 0.3 is 0 Å². The van der Waals surface area contributed by atoms with Gasteiger partial charge in [0.25, 0.3) is 0 Å². The van der Waals surface area contributed by atoms with Gasteiger partial charge in [-0.3, -0.25) is 5.10 Å². The molecule has 2 atom stereocenters. The van der Waals surface area contributed by atoms with Gasteiger partial charge in [-0.25, -0.2) is 0 Å². The Morgan fingerprint density at radius 1 is 1.77 bits per heavy atom. The molecule has 1 aromatic rings. The zero-order valence-electron chi connectivity index (χ0n) is 7.79. The number of ether oxygens (including phenoxy) is 1. The number of nitrogens with zero attached hydrogens (tertiary/aromatic N) is 1. The molecule has 0 saturated carbocycles. The number of hydrogen-bond acceptors (Lipinski definition) is 3. The van der Waals surface area contributed by atoms with E-state index in [2.05, 4.69) is 22.4 Å². The number of hydrogen-bond donors (Lipinski definition) is 2. The molecule has 2 N–H and O–H groups in total. The van der Waals surface area contributed by atoms with Crippen molar-refractivity contribution in [1.82, 2.24) is 15.5 Å². The average molecular weight is 181 g/mol. The van der Waals surface area contributed by atoms with E-state index in [-0.39, 0.29) is 0 Å². The predicted octanol–water partition coefficient (Wildman–Crippen LogP) is 0.677. The van der Waals surface area contributed by atoms with E-state index in [1.807, 2.05) is 12.4 Å². The van der Waals surface area contributed by atoms with Gasteiger partial charge in [0.2, 0.25) is 0 Å². The lowest BCUT2D eigenvalue weighted by Gasteiger charge is -2.14. The van der Waals surface area contributed by atoms with Crippen LogP contribution in [0.3, 0.4) is 0 Å². The van der Waals surface area contributed by atoms with Gasteiger partial charge in [-0.05, 0) is 13.3 Å². The highest BCUT2D eigenvalue weighted by atomic mass is 16.5. The van der Waals surface area contributed by atoms with E-state index in [1.54, 1.807) is 0 Å². The zero-order valence-corrected chi connectivity index (χ0v) is 7.79. The molecule has 2 unspecified atom stereocenters. The van der Waals surface area contributed by atoms with Crippen LogP contribution in [-0.2, 0) is 11.3 Å². The molecule has 1 aliphatic heterocycles. The van der Waals surface area contributed by atoms with E-state index in [1.165, 1.54) is 5.56 Å². The molecule has 1 saturated heterocycles. The maximum Gasteiger partial charge on any atom is 0.0700 e. The average Bonchev–Trinajstić information content (AvgIpc) is 2.72. The number of nitrogens with one attached hydrogen (secondary N) is 2. The summed E-state index contributed by atoms with van der Waals surface area (Å²) in [6.45, 7) is 3.86. The highest BCUT2D eigenvalue weighted by molar-refractivity contribution is 5.02. The van der Waals surface area contributed by atoms with Gasteiger partial charge in [0, 0.05) is 31.0 Å². The fourth-order valence-electron chi connectivity index (χ4n) is 1.62. The van der Waals surface area contributed by atoms with E-state index in [4.69, 9.17) is 4.74 Å². The number of H-pyrrole nitrogens is 1. The molecule has 2 rings (SSSR count). The van der Waals surface area contributed by atoms with Crippen LogP contribution in [0.4, 0.5) is 0 Å². The van der Waals surface area contributed by atoms with Gasteiger partial charge in [0.05, 0.1) is 12.3 Å².